The molecule has 8 heteroatoms. The maximum absolute atomic E-state index is 12.5. The van der Waals surface area contributed by atoms with Gasteiger partial charge < -0.3 is 10.6 Å². The fourth-order valence-electron chi connectivity index (χ4n) is 2.61. The van der Waals surface area contributed by atoms with Crippen molar-refractivity contribution in [2.45, 2.75) is 17.1 Å². The topological polar surface area (TPSA) is 58.2 Å². The van der Waals surface area contributed by atoms with E-state index in [0.717, 1.165) is 4.90 Å². The van der Waals surface area contributed by atoms with Crippen molar-refractivity contribution in [3.63, 3.8) is 0 Å². The Kier molecular flexibility index (Phi) is 7.67. The van der Waals surface area contributed by atoms with Gasteiger partial charge in [-0.2, -0.15) is 0 Å². The second kappa shape index (κ2) is 10.2. The van der Waals surface area contributed by atoms with Crippen molar-refractivity contribution in [3.8, 4) is 0 Å². The van der Waals surface area contributed by atoms with Gasteiger partial charge in [0.1, 0.15) is 0 Å². The average molecular weight is 480 g/mol. The first-order valence-corrected chi connectivity index (χ1v) is 10.9. The average Bonchev–Trinajstić information content (AvgIpc) is 2.67. The van der Waals surface area contributed by atoms with Crippen molar-refractivity contribution < 1.29 is 9.59 Å². The van der Waals surface area contributed by atoms with Gasteiger partial charge in [0, 0.05) is 36.9 Å². The van der Waals surface area contributed by atoms with E-state index in [-0.39, 0.29) is 17.1 Å². The van der Waals surface area contributed by atoms with Crippen LogP contribution in [0.4, 0.5) is 11.4 Å². The number of anilines is 2. The van der Waals surface area contributed by atoms with Crippen LogP contribution < -0.4 is 10.6 Å². The van der Waals surface area contributed by atoms with Gasteiger partial charge in [0.25, 0.3) is 5.91 Å². The lowest BCUT2D eigenvalue weighted by Crippen LogP contribution is -2.22. The SMILES string of the molecule is CC(Sc1cccc(NC(=O)c2cccc(Cl)c2)c1)C(=O)Nc1cc(Cl)cc(Cl)c1. The summed E-state index contributed by atoms with van der Waals surface area (Å²) in [4.78, 5) is 25.8. The molecular weight excluding hydrogens is 463 g/mol. The molecule has 4 nitrogen and oxygen atoms in total. The van der Waals surface area contributed by atoms with E-state index in [9.17, 15) is 9.59 Å². The van der Waals surface area contributed by atoms with Crippen molar-refractivity contribution in [2.75, 3.05) is 10.6 Å². The molecule has 0 aliphatic heterocycles. The summed E-state index contributed by atoms with van der Waals surface area (Å²) >= 11 is 19.3. The smallest absolute Gasteiger partial charge is 0.255 e. The monoisotopic (exact) mass is 478 g/mol. The Balaban J connectivity index is 1.64. The molecule has 3 aromatic rings. The highest BCUT2D eigenvalue weighted by atomic mass is 35.5. The number of amides is 2. The maximum Gasteiger partial charge on any atom is 0.255 e. The van der Waals surface area contributed by atoms with Crippen LogP contribution in [0.3, 0.4) is 0 Å². The number of thioether (sulfide) groups is 1. The molecular formula is C22H17Cl3N2O2S. The number of rotatable bonds is 6. The first-order valence-electron chi connectivity index (χ1n) is 8.91. The lowest BCUT2D eigenvalue weighted by Gasteiger charge is -2.13. The molecule has 154 valence electrons. The molecule has 3 rings (SSSR count). The summed E-state index contributed by atoms with van der Waals surface area (Å²) in [6.07, 6.45) is 0. The largest absolute Gasteiger partial charge is 0.325 e. The number of nitrogens with one attached hydrogen (secondary N) is 2. The Morgan fingerprint density at radius 1 is 0.800 bits per heavy atom. The van der Waals surface area contributed by atoms with Crippen LogP contribution in [-0.4, -0.2) is 17.1 Å². The molecule has 2 N–H and O–H groups in total. The van der Waals surface area contributed by atoms with Crippen LogP contribution in [0.25, 0.3) is 0 Å². The van der Waals surface area contributed by atoms with Crippen LogP contribution in [0, 0.1) is 0 Å². The molecule has 1 unspecified atom stereocenters. The predicted octanol–water partition coefficient (Wildman–Crippen LogP) is 7.02. The van der Waals surface area contributed by atoms with E-state index >= 15 is 0 Å². The predicted molar refractivity (Wildman–Crippen MR) is 126 cm³/mol. The summed E-state index contributed by atoms with van der Waals surface area (Å²) < 4.78 is 0. The van der Waals surface area contributed by atoms with E-state index in [4.69, 9.17) is 34.8 Å². The molecule has 0 heterocycles. The van der Waals surface area contributed by atoms with Gasteiger partial charge in [-0.1, -0.05) is 46.9 Å². The Morgan fingerprint density at radius 2 is 1.50 bits per heavy atom. The summed E-state index contributed by atoms with van der Waals surface area (Å²) in [5.74, 6) is -0.449. The molecule has 0 aliphatic carbocycles. The molecule has 0 fully saturated rings. The summed E-state index contributed by atoms with van der Waals surface area (Å²) in [7, 11) is 0. The van der Waals surface area contributed by atoms with Crippen LogP contribution >= 0.6 is 46.6 Å². The van der Waals surface area contributed by atoms with Gasteiger partial charge >= 0.3 is 0 Å². The van der Waals surface area contributed by atoms with Crippen molar-refractivity contribution in [2.24, 2.45) is 0 Å². The van der Waals surface area contributed by atoms with Crippen molar-refractivity contribution >= 4 is 69.8 Å². The quantitative estimate of drug-likeness (QED) is 0.374. The van der Waals surface area contributed by atoms with E-state index in [1.807, 2.05) is 18.2 Å². The highest BCUT2D eigenvalue weighted by Gasteiger charge is 2.16. The first kappa shape index (κ1) is 22.5. The van der Waals surface area contributed by atoms with Gasteiger partial charge in [0.05, 0.1) is 5.25 Å². The lowest BCUT2D eigenvalue weighted by atomic mass is 10.2. The number of halogens is 3. The fourth-order valence-corrected chi connectivity index (χ4v) is 4.25. The molecule has 3 aromatic carbocycles. The standard InChI is InChI=1S/C22H17Cl3N2O2S/c1-13(21(28)27-19-10-16(24)9-17(25)11-19)30-20-7-3-6-18(12-20)26-22(29)14-4-2-5-15(23)8-14/h2-13H,1H3,(H,26,29)(H,27,28). The molecule has 0 aliphatic rings. The zero-order chi connectivity index (χ0) is 21.7. The zero-order valence-corrected chi connectivity index (χ0v) is 18.9. The zero-order valence-electron chi connectivity index (χ0n) is 15.8. The number of carbonyl (C=O) groups excluding carboxylic acids is 2. The Hall–Kier alpha value is -2.18. The molecule has 1 atom stereocenters. The van der Waals surface area contributed by atoms with Crippen LogP contribution in [0.2, 0.25) is 15.1 Å². The second-order valence-corrected chi connectivity index (χ2v) is 9.12. The van der Waals surface area contributed by atoms with Crippen molar-refractivity contribution in [1.82, 2.24) is 0 Å². The van der Waals surface area contributed by atoms with Gasteiger partial charge in [-0.05, 0) is 61.5 Å². The van der Waals surface area contributed by atoms with Crippen LogP contribution in [-0.2, 0) is 4.79 Å². The molecule has 0 bridgehead atoms. The van der Waals surface area contributed by atoms with Crippen LogP contribution in [0.5, 0.6) is 0 Å². The van der Waals surface area contributed by atoms with Crippen LogP contribution in [0.1, 0.15) is 17.3 Å². The molecule has 0 spiro atoms. The van der Waals surface area contributed by atoms with Crippen molar-refractivity contribution in [1.29, 1.82) is 0 Å². The molecule has 0 saturated carbocycles. The van der Waals surface area contributed by atoms with Gasteiger partial charge in [0.2, 0.25) is 5.91 Å². The number of hydrogen-bond acceptors (Lipinski definition) is 3. The normalized spacial score (nSPS) is 11.6. The number of hydrogen-bond donors (Lipinski definition) is 2. The van der Waals surface area contributed by atoms with E-state index in [1.54, 1.807) is 55.5 Å². The third-order valence-corrected chi connectivity index (χ3v) is 5.76. The molecule has 2 amide bonds. The third-order valence-electron chi connectivity index (χ3n) is 3.99. The highest BCUT2D eigenvalue weighted by Crippen LogP contribution is 2.28. The molecule has 30 heavy (non-hydrogen) atoms. The van der Waals surface area contributed by atoms with E-state index in [2.05, 4.69) is 10.6 Å². The van der Waals surface area contributed by atoms with E-state index in [0.29, 0.717) is 32.0 Å². The Morgan fingerprint density at radius 3 is 2.20 bits per heavy atom. The summed E-state index contributed by atoms with van der Waals surface area (Å²) in [6, 6.07) is 18.9. The van der Waals surface area contributed by atoms with Gasteiger partial charge in [0.15, 0.2) is 0 Å². The van der Waals surface area contributed by atoms with Gasteiger partial charge in [-0.15, -0.1) is 11.8 Å². The summed E-state index contributed by atoms with van der Waals surface area (Å²) in [6.45, 7) is 1.80. The summed E-state index contributed by atoms with van der Waals surface area (Å²) in [5, 5.41) is 6.64. The Bertz CT molecular complexity index is 1070. The molecule has 0 aromatic heterocycles. The minimum atomic E-state index is -0.387. The number of carbonyl (C=O) groups is 2. The minimum Gasteiger partial charge on any atom is -0.325 e. The highest BCUT2D eigenvalue weighted by molar-refractivity contribution is 8.00. The van der Waals surface area contributed by atoms with E-state index in [1.165, 1.54) is 11.8 Å². The van der Waals surface area contributed by atoms with Crippen LogP contribution in [0.15, 0.2) is 71.6 Å². The van der Waals surface area contributed by atoms with Gasteiger partial charge in [-0.3, -0.25) is 9.59 Å². The summed E-state index contributed by atoms with van der Waals surface area (Å²) in [5.41, 5.74) is 1.63. The minimum absolute atomic E-state index is 0.188. The van der Waals surface area contributed by atoms with E-state index < -0.39 is 0 Å². The maximum atomic E-state index is 12.5. The second-order valence-electron chi connectivity index (χ2n) is 6.40. The van der Waals surface area contributed by atoms with Crippen molar-refractivity contribution in [3.05, 3.63) is 87.4 Å². The molecule has 0 radical (unpaired) electrons. The first-order chi connectivity index (χ1) is 14.3. The molecule has 0 saturated heterocycles. The van der Waals surface area contributed by atoms with Gasteiger partial charge in [-0.25, -0.2) is 0 Å². The third kappa shape index (κ3) is 6.41. The lowest BCUT2D eigenvalue weighted by molar-refractivity contribution is -0.115. The Labute approximate surface area is 193 Å². The number of benzene rings is 3. The fraction of sp³-hybridized carbons (Fsp3) is 0.0909.